The van der Waals surface area contributed by atoms with Crippen LogP contribution in [0, 0.1) is 11.8 Å². The minimum atomic E-state index is 0.0565. The number of hydrogen-bond donors (Lipinski definition) is 2. The first-order valence-electron chi connectivity index (χ1n) is 20.0. The topological polar surface area (TPSA) is 71.2 Å². The third-order valence-corrected chi connectivity index (χ3v) is 11.7. The van der Waals surface area contributed by atoms with E-state index in [9.17, 15) is 9.59 Å². The quantitative estimate of drug-likeness (QED) is 0.261. The zero-order chi connectivity index (χ0) is 35.3. The molecule has 0 spiro atoms. The summed E-state index contributed by atoms with van der Waals surface area (Å²) in [6.45, 7) is 1.66. The lowest BCUT2D eigenvalue weighted by Crippen LogP contribution is -2.47. The fourth-order valence-corrected chi connectivity index (χ4v) is 8.52. The van der Waals surface area contributed by atoms with E-state index >= 15 is 0 Å². The van der Waals surface area contributed by atoms with Gasteiger partial charge in [-0.2, -0.15) is 0 Å². The molecule has 5 rings (SSSR count). The zero-order valence-electron chi connectivity index (χ0n) is 31.7. The molecule has 0 unspecified atom stereocenters. The first-order valence-corrected chi connectivity index (χ1v) is 20.0. The van der Waals surface area contributed by atoms with Crippen LogP contribution in [0.5, 0.6) is 0 Å². The van der Waals surface area contributed by atoms with Crippen LogP contribution in [0.15, 0.2) is 48.5 Å². The molecule has 276 valence electrons. The molecule has 3 aliphatic rings. The molecule has 0 heterocycles. The average Bonchev–Trinajstić information content (AvgIpc) is 3.07. The first-order chi connectivity index (χ1) is 24.3. The zero-order valence-corrected chi connectivity index (χ0v) is 31.7. The highest BCUT2D eigenvalue weighted by Gasteiger charge is 2.32. The van der Waals surface area contributed by atoms with Gasteiger partial charge in [0.25, 0.3) is 0 Å². The van der Waals surface area contributed by atoms with E-state index in [2.05, 4.69) is 54.5 Å². The summed E-state index contributed by atoms with van der Waals surface area (Å²) in [5.74, 6) is 0.995. The molecule has 0 radical (unpaired) electrons. The van der Waals surface area contributed by atoms with Gasteiger partial charge in [-0.3, -0.25) is 0 Å². The van der Waals surface area contributed by atoms with Crippen LogP contribution >= 0.6 is 0 Å². The van der Waals surface area contributed by atoms with E-state index in [0.717, 1.165) is 87.2 Å². The molecular formula is C42H66N6O2. The molecule has 3 saturated carbocycles. The standard InChI is InChI=1S/C42H66N6O2/c1-45(2)37-27-23-35(24-28-37)43-41(49)47(39-15-11-7-5-8-12-16-39)31-33-19-21-34(22-20-33)32-48(40-17-13-9-6-10-14-18-40)42(50)44-36-25-29-38(30-26-36)46(3)4/h23-30,33-34,39-40H,5-22,31-32H2,1-4H3,(H,43,49)(H,44,50)/t33-,34-. The lowest BCUT2D eigenvalue weighted by atomic mass is 9.80. The number of hydrogen-bond acceptors (Lipinski definition) is 4. The normalized spacial score (nSPS) is 21.1. The van der Waals surface area contributed by atoms with E-state index in [4.69, 9.17) is 0 Å². The highest BCUT2D eigenvalue weighted by molar-refractivity contribution is 5.90. The summed E-state index contributed by atoms with van der Waals surface area (Å²) >= 11 is 0. The minimum Gasteiger partial charge on any atom is -0.378 e. The average molecular weight is 687 g/mol. The van der Waals surface area contributed by atoms with E-state index in [0.29, 0.717) is 23.9 Å². The minimum absolute atomic E-state index is 0.0565. The molecule has 0 aliphatic heterocycles. The second-order valence-corrected chi connectivity index (χ2v) is 15.9. The Morgan fingerprint density at radius 2 is 0.780 bits per heavy atom. The molecule has 2 aromatic rings. The summed E-state index contributed by atoms with van der Waals surface area (Å²) < 4.78 is 0. The highest BCUT2D eigenvalue weighted by atomic mass is 16.2. The third-order valence-electron chi connectivity index (χ3n) is 11.7. The molecule has 0 aromatic heterocycles. The number of amides is 4. The van der Waals surface area contributed by atoms with Crippen molar-refractivity contribution in [1.29, 1.82) is 0 Å². The Bertz CT molecular complexity index is 1190. The maximum absolute atomic E-state index is 14.0. The van der Waals surface area contributed by atoms with Crippen molar-refractivity contribution in [3.8, 4) is 0 Å². The number of anilines is 4. The van der Waals surface area contributed by atoms with Crippen LogP contribution < -0.4 is 20.4 Å². The number of urea groups is 2. The van der Waals surface area contributed by atoms with Gasteiger partial charge in [-0.1, -0.05) is 64.2 Å². The van der Waals surface area contributed by atoms with E-state index in [-0.39, 0.29) is 12.1 Å². The maximum Gasteiger partial charge on any atom is 0.322 e. The van der Waals surface area contributed by atoms with Crippen LogP contribution in [-0.4, -0.2) is 75.2 Å². The second-order valence-electron chi connectivity index (χ2n) is 15.9. The molecule has 3 fully saturated rings. The number of nitrogens with zero attached hydrogens (tertiary/aromatic N) is 4. The molecule has 0 atom stereocenters. The summed E-state index contributed by atoms with van der Waals surface area (Å²) in [7, 11) is 8.15. The van der Waals surface area contributed by atoms with Gasteiger partial charge in [0.05, 0.1) is 0 Å². The van der Waals surface area contributed by atoms with Gasteiger partial charge in [-0.25, -0.2) is 9.59 Å². The second kappa shape index (κ2) is 19.3. The summed E-state index contributed by atoms with van der Waals surface area (Å²) in [6, 6.07) is 17.1. The van der Waals surface area contributed by atoms with Gasteiger partial charge in [0.15, 0.2) is 0 Å². The van der Waals surface area contributed by atoms with Crippen molar-refractivity contribution < 1.29 is 9.59 Å². The van der Waals surface area contributed by atoms with E-state index in [1.54, 1.807) is 0 Å². The third kappa shape index (κ3) is 11.3. The fourth-order valence-electron chi connectivity index (χ4n) is 8.52. The smallest absolute Gasteiger partial charge is 0.322 e. The predicted molar refractivity (Wildman–Crippen MR) is 211 cm³/mol. The Morgan fingerprint density at radius 1 is 0.480 bits per heavy atom. The van der Waals surface area contributed by atoms with Crippen molar-refractivity contribution >= 4 is 34.8 Å². The molecule has 8 nitrogen and oxygen atoms in total. The van der Waals surface area contributed by atoms with E-state index < -0.39 is 0 Å². The predicted octanol–water partition coefficient (Wildman–Crippen LogP) is 10.2. The number of rotatable bonds is 10. The Kier molecular flexibility index (Phi) is 14.6. The molecule has 3 aliphatic carbocycles. The molecular weight excluding hydrogens is 621 g/mol. The van der Waals surface area contributed by atoms with Gasteiger partial charge in [0.2, 0.25) is 0 Å². The Labute approximate surface area is 303 Å². The molecule has 2 aromatic carbocycles. The SMILES string of the molecule is CN(C)c1ccc(NC(=O)N(C[C@H]2CC[C@H](CN(C(=O)Nc3ccc(N(C)C)cc3)C3CCCCCCC3)CC2)C2CCCCCCC2)cc1. The number of benzene rings is 2. The van der Waals surface area contributed by atoms with Gasteiger partial charge in [-0.15, -0.1) is 0 Å². The summed E-state index contributed by atoms with van der Waals surface area (Å²) in [6.07, 6.45) is 21.4. The summed E-state index contributed by atoms with van der Waals surface area (Å²) in [5, 5.41) is 6.54. The van der Waals surface area contributed by atoms with Crippen LogP contribution in [0.25, 0.3) is 0 Å². The maximum atomic E-state index is 14.0. The lowest BCUT2D eigenvalue weighted by Gasteiger charge is -2.40. The Morgan fingerprint density at radius 3 is 1.08 bits per heavy atom. The number of carbonyl (C=O) groups is 2. The fraction of sp³-hybridized carbons (Fsp3) is 0.667. The molecule has 2 N–H and O–H groups in total. The van der Waals surface area contributed by atoms with Gasteiger partial charge >= 0.3 is 12.1 Å². The van der Waals surface area contributed by atoms with Crippen LogP contribution in [0.1, 0.15) is 116 Å². The van der Waals surface area contributed by atoms with Gasteiger partial charge < -0.3 is 30.2 Å². The lowest BCUT2D eigenvalue weighted by molar-refractivity contribution is 0.121. The summed E-state index contributed by atoms with van der Waals surface area (Å²) in [5.41, 5.74) is 3.98. The number of nitrogens with one attached hydrogen (secondary N) is 2. The monoisotopic (exact) mass is 687 g/mol. The molecule has 0 saturated heterocycles. The molecule has 8 heteroatoms. The van der Waals surface area contributed by atoms with Gasteiger partial charge in [0.1, 0.15) is 0 Å². The Hall–Kier alpha value is -3.42. The molecule has 0 bridgehead atoms. The molecule has 4 amide bonds. The van der Waals surface area contributed by atoms with E-state index in [1.807, 2.05) is 52.5 Å². The van der Waals surface area contributed by atoms with Crippen molar-refractivity contribution in [2.24, 2.45) is 11.8 Å². The largest absolute Gasteiger partial charge is 0.378 e. The van der Waals surface area contributed by atoms with Crippen molar-refractivity contribution in [3.05, 3.63) is 48.5 Å². The summed E-state index contributed by atoms with van der Waals surface area (Å²) in [4.78, 5) is 36.5. The highest BCUT2D eigenvalue weighted by Crippen LogP contribution is 2.34. The van der Waals surface area contributed by atoms with Gasteiger partial charge in [0, 0.05) is 76.1 Å². The van der Waals surface area contributed by atoms with Gasteiger partial charge in [-0.05, 0) is 112 Å². The van der Waals surface area contributed by atoms with Crippen LogP contribution in [0.2, 0.25) is 0 Å². The van der Waals surface area contributed by atoms with Crippen molar-refractivity contribution in [3.63, 3.8) is 0 Å². The first kappa shape index (κ1) is 37.8. The van der Waals surface area contributed by atoms with Crippen LogP contribution in [0.4, 0.5) is 32.3 Å². The van der Waals surface area contributed by atoms with Crippen molar-refractivity contribution in [2.45, 2.75) is 128 Å². The number of carbonyl (C=O) groups excluding carboxylic acids is 2. The van der Waals surface area contributed by atoms with E-state index in [1.165, 1.54) is 64.2 Å². The van der Waals surface area contributed by atoms with Crippen molar-refractivity contribution in [1.82, 2.24) is 9.80 Å². The van der Waals surface area contributed by atoms with Crippen LogP contribution in [-0.2, 0) is 0 Å². The van der Waals surface area contributed by atoms with Crippen molar-refractivity contribution in [2.75, 3.05) is 61.7 Å². The Balaban J connectivity index is 1.22. The van der Waals surface area contributed by atoms with Crippen LogP contribution in [0.3, 0.4) is 0 Å². The molecule has 50 heavy (non-hydrogen) atoms.